The van der Waals surface area contributed by atoms with Crippen LogP contribution in [0.3, 0.4) is 0 Å². The predicted octanol–water partition coefficient (Wildman–Crippen LogP) is 2.90. The Hall–Kier alpha value is -2.06. The molecule has 0 aliphatic carbocycles. The Morgan fingerprint density at radius 1 is 1.27 bits per heavy atom. The highest BCUT2D eigenvalue weighted by atomic mass is 79.9. The summed E-state index contributed by atoms with van der Waals surface area (Å²) in [5, 5.41) is 4.23. The lowest BCUT2D eigenvalue weighted by atomic mass is 10.1. The Morgan fingerprint density at radius 3 is 2.59 bits per heavy atom. The van der Waals surface area contributed by atoms with Gasteiger partial charge in [-0.25, -0.2) is 9.78 Å². The van der Waals surface area contributed by atoms with E-state index in [-0.39, 0.29) is 24.0 Å². The fourth-order valence-corrected chi connectivity index (χ4v) is 2.49. The Bertz CT molecular complexity index is 712. The summed E-state index contributed by atoms with van der Waals surface area (Å²) in [4.78, 5) is 38.4. The van der Waals surface area contributed by atoms with E-state index in [1.54, 1.807) is 24.3 Å². The third kappa shape index (κ3) is 4.47. The van der Waals surface area contributed by atoms with Crippen LogP contribution in [0.5, 0.6) is 0 Å². The number of benzene rings is 1. The van der Waals surface area contributed by atoms with Crippen LogP contribution < -0.4 is 5.32 Å². The maximum atomic E-state index is 11.9. The normalized spacial score (nSPS) is 10.1. The van der Waals surface area contributed by atoms with E-state index >= 15 is 0 Å². The molecular weight excluding hydrogens is 372 g/mol. The topological polar surface area (TPSA) is 85.4 Å². The number of esters is 1. The fourth-order valence-electron chi connectivity index (χ4n) is 1.50. The maximum absolute atomic E-state index is 11.9. The number of hydrogen-bond acceptors (Lipinski definition) is 6. The van der Waals surface area contributed by atoms with Gasteiger partial charge in [-0.05, 0) is 12.1 Å². The number of aromatic nitrogens is 1. The third-order valence-electron chi connectivity index (χ3n) is 2.50. The second-order valence-corrected chi connectivity index (χ2v) is 6.00. The van der Waals surface area contributed by atoms with Crippen LogP contribution in [0.1, 0.15) is 27.8 Å². The average molecular weight is 383 g/mol. The number of nitrogens with zero attached hydrogens (tertiary/aromatic N) is 1. The molecule has 0 saturated heterocycles. The van der Waals surface area contributed by atoms with Crippen molar-refractivity contribution in [1.29, 1.82) is 0 Å². The summed E-state index contributed by atoms with van der Waals surface area (Å²) in [7, 11) is 0. The van der Waals surface area contributed by atoms with Crippen molar-refractivity contribution in [3.63, 3.8) is 0 Å². The van der Waals surface area contributed by atoms with E-state index in [2.05, 4.69) is 26.2 Å². The molecule has 0 radical (unpaired) electrons. The molecule has 0 atom stereocenters. The van der Waals surface area contributed by atoms with Gasteiger partial charge in [-0.15, -0.1) is 11.3 Å². The quantitative estimate of drug-likeness (QED) is 0.634. The summed E-state index contributed by atoms with van der Waals surface area (Å²) in [6, 6.07) is 6.74. The first-order valence-electron chi connectivity index (χ1n) is 6.14. The monoisotopic (exact) mass is 382 g/mol. The molecule has 22 heavy (non-hydrogen) atoms. The Kier molecular flexibility index (Phi) is 5.40. The molecule has 2 aromatic rings. The number of rotatable bonds is 5. The Labute approximate surface area is 138 Å². The fraction of sp³-hybridized carbons (Fsp3) is 0.143. The van der Waals surface area contributed by atoms with Crippen molar-refractivity contribution in [1.82, 2.24) is 4.98 Å². The van der Waals surface area contributed by atoms with Crippen LogP contribution in [-0.4, -0.2) is 29.3 Å². The summed E-state index contributed by atoms with van der Waals surface area (Å²) in [6.07, 6.45) is 0. The van der Waals surface area contributed by atoms with Gasteiger partial charge in [-0.3, -0.25) is 9.59 Å². The first-order chi connectivity index (χ1) is 10.5. The molecule has 1 N–H and O–H groups in total. The first-order valence-corrected chi connectivity index (χ1v) is 7.82. The molecule has 1 heterocycles. The van der Waals surface area contributed by atoms with Crippen LogP contribution in [0.25, 0.3) is 0 Å². The highest BCUT2D eigenvalue weighted by Crippen LogP contribution is 2.16. The number of ketones is 1. The number of halogens is 1. The summed E-state index contributed by atoms with van der Waals surface area (Å²) in [5.41, 5.74) is 0.505. The van der Waals surface area contributed by atoms with Crippen molar-refractivity contribution in [3.05, 3.63) is 45.4 Å². The van der Waals surface area contributed by atoms with Gasteiger partial charge in [0.2, 0.25) is 5.91 Å². The van der Waals surface area contributed by atoms with Crippen molar-refractivity contribution in [2.75, 3.05) is 11.9 Å². The minimum atomic E-state index is -0.710. The number of Topliss-reactive ketones (excluding diaryl/α,β-unsaturated/α-hetero) is 1. The number of anilines is 1. The van der Waals surface area contributed by atoms with Crippen molar-refractivity contribution in [3.8, 4) is 0 Å². The van der Waals surface area contributed by atoms with Crippen LogP contribution in [-0.2, 0) is 9.53 Å². The van der Waals surface area contributed by atoms with Gasteiger partial charge in [0.1, 0.15) is 0 Å². The average Bonchev–Trinajstić information content (AvgIpc) is 2.93. The zero-order valence-electron chi connectivity index (χ0n) is 11.5. The molecule has 1 aromatic carbocycles. The SMILES string of the molecule is CC(=O)Nc1nc(C(=O)OCC(=O)c2ccc(Br)cc2)cs1. The van der Waals surface area contributed by atoms with Crippen molar-refractivity contribution < 1.29 is 19.1 Å². The van der Waals surface area contributed by atoms with Crippen LogP contribution in [0.2, 0.25) is 0 Å². The van der Waals surface area contributed by atoms with Gasteiger partial charge >= 0.3 is 5.97 Å². The molecule has 0 saturated carbocycles. The number of amides is 1. The van der Waals surface area contributed by atoms with Crippen LogP contribution in [0, 0.1) is 0 Å². The van der Waals surface area contributed by atoms with Gasteiger partial charge in [0.15, 0.2) is 23.2 Å². The molecule has 0 unspecified atom stereocenters. The standard InChI is InChI=1S/C14H11BrN2O4S/c1-8(18)16-14-17-11(7-22-14)13(20)21-6-12(19)9-2-4-10(15)5-3-9/h2-5,7H,6H2,1H3,(H,16,17,18). The Morgan fingerprint density at radius 2 is 1.95 bits per heavy atom. The maximum Gasteiger partial charge on any atom is 0.358 e. The Balaban J connectivity index is 1.92. The first kappa shape index (κ1) is 16.3. The molecule has 0 spiro atoms. The van der Waals surface area contributed by atoms with Crippen LogP contribution in [0.4, 0.5) is 5.13 Å². The lowest BCUT2D eigenvalue weighted by Crippen LogP contribution is -2.14. The van der Waals surface area contributed by atoms with Crippen molar-refractivity contribution in [2.24, 2.45) is 0 Å². The number of carbonyl (C=O) groups is 3. The molecule has 0 aliphatic rings. The number of hydrogen-bond donors (Lipinski definition) is 1. The number of thiazole rings is 1. The molecule has 2 rings (SSSR count). The molecule has 0 aliphatic heterocycles. The van der Waals surface area contributed by atoms with E-state index < -0.39 is 5.97 Å². The van der Waals surface area contributed by atoms with Gasteiger partial charge in [0.25, 0.3) is 0 Å². The molecular formula is C14H11BrN2O4S. The van der Waals surface area contributed by atoms with Gasteiger partial charge in [0, 0.05) is 22.3 Å². The number of carbonyl (C=O) groups excluding carboxylic acids is 3. The molecule has 1 aromatic heterocycles. The van der Waals surface area contributed by atoms with Crippen molar-refractivity contribution >= 4 is 50.1 Å². The smallest absolute Gasteiger partial charge is 0.358 e. The molecule has 8 heteroatoms. The summed E-state index contributed by atoms with van der Waals surface area (Å²) >= 11 is 4.38. The van der Waals surface area contributed by atoms with E-state index in [1.165, 1.54) is 12.3 Å². The van der Waals surface area contributed by atoms with Gasteiger partial charge in [-0.2, -0.15) is 0 Å². The molecule has 0 bridgehead atoms. The van der Waals surface area contributed by atoms with E-state index in [1.807, 2.05) is 0 Å². The molecule has 114 valence electrons. The second-order valence-electron chi connectivity index (χ2n) is 4.23. The van der Waals surface area contributed by atoms with E-state index in [0.717, 1.165) is 15.8 Å². The van der Waals surface area contributed by atoms with Gasteiger partial charge in [0.05, 0.1) is 0 Å². The lowest BCUT2D eigenvalue weighted by Gasteiger charge is -2.03. The largest absolute Gasteiger partial charge is 0.453 e. The highest BCUT2D eigenvalue weighted by molar-refractivity contribution is 9.10. The molecule has 1 amide bonds. The third-order valence-corrected chi connectivity index (χ3v) is 3.78. The highest BCUT2D eigenvalue weighted by Gasteiger charge is 2.15. The summed E-state index contributed by atoms with van der Waals surface area (Å²) in [6.45, 7) is 0.976. The van der Waals surface area contributed by atoms with Crippen LogP contribution in [0.15, 0.2) is 34.1 Å². The van der Waals surface area contributed by atoms with E-state index in [9.17, 15) is 14.4 Å². The summed E-state index contributed by atoms with van der Waals surface area (Å²) < 4.78 is 5.78. The lowest BCUT2D eigenvalue weighted by molar-refractivity contribution is -0.114. The second kappa shape index (κ2) is 7.28. The zero-order valence-corrected chi connectivity index (χ0v) is 13.9. The van der Waals surface area contributed by atoms with Gasteiger partial charge in [-0.1, -0.05) is 28.1 Å². The van der Waals surface area contributed by atoms with E-state index in [0.29, 0.717) is 10.7 Å². The minimum Gasteiger partial charge on any atom is -0.453 e. The molecule has 6 nitrogen and oxygen atoms in total. The van der Waals surface area contributed by atoms with E-state index in [4.69, 9.17) is 4.74 Å². The van der Waals surface area contributed by atoms with Crippen molar-refractivity contribution in [2.45, 2.75) is 6.92 Å². The minimum absolute atomic E-state index is 0.0531. The molecule has 0 fully saturated rings. The number of ether oxygens (including phenoxy) is 1. The van der Waals surface area contributed by atoms with Crippen LogP contribution >= 0.6 is 27.3 Å². The zero-order chi connectivity index (χ0) is 16.1. The number of nitrogens with one attached hydrogen (secondary N) is 1. The van der Waals surface area contributed by atoms with Gasteiger partial charge < -0.3 is 10.1 Å². The summed E-state index contributed by atoms with van der Waals surface area (Å²) in [5.74, 6) is -1.30. The predicted molar refractivity (Wildman–Crippen MR) is 85.2 cm³/mol.